The highest BCUT2D eigenvalue weighted by Crippen LogP contribution is 2.30. The molecule has 0 atom stereocenters. The fourth-order valence-corrected chi connectivity index (χ4v) is 0.947. The molecule has 0 aliphatic carbocycles. The van der Waals surface area contributed by atoms with E-state index in [1.165, 1.54) is 0 Å². The third kappa shape index (κ3) is 2.62. The van der Waals surface area contributed by atoms with Crippen LogP contribution < -0.4 is 11.1 Å². The second-order valence-corrected chi connectivity index (χ2v) is 2.95. The first-order chi connectivity index (χ1) is 7.21. The van der Waals surface area contributed by atoms with Crippen LogP contribution in [0.1, 0.15) is 0 Å². The number of halogens is 5. The number of anilines is 2. The number of rotatable bonds is 2. The van der Waals surface area contributed by atoms with E-state index in [1.807, 2.05) is 0 Å². The van der Waals surface area contributed by atoms with E-state index in [1.54, 1.807) is 5.32 Å². The summed E-state index contributed by atoms with van der Waals surface area (Å²) in [5.41, 5.74) is 2.66. The fraction of sp³-hybridized carbons (Fsp3) is 0.111. The highest BCUT2D eigenvalue weighted by molar-refractivity contribution is 5.69. The number of alkyl halides is 3. The van der Waals surface area contributed by atoms with Crippen LogP contribution in [0, 0.1) is 11.6 Å². The molecular weight excluding hydrogens is 231 g/mol. The summed E-state index contributed by atoms with van der Waals surface area (Å²) in [7, 11) is 0. The minimum Gasteiger partial charge on any atom is -0.397 e. The lowest BCUT2D eigenvalue weighted by atomic mass is 10.2. The van der Waals surface area contributed by atoms with Gasteiger partial charge in [0, 0.05) is 6.07 Å². The first-order valence-corrected chi connectivity index (χ1v) is 3.99. The second-order valence-electron chi connectivity index (χ2n) is 2.95. The van der Waals surface area contributed by atoms with Crippen molar-refractivity contribution in [3.05, 3.63) is 36.0 Å². The molecule has 1 aromatic rings. The largest absolute Gasteiger partial charge is 0.430 e. The molecular formula is C9H7F5N2. The highest BCUT2D eigenvalue weighted by atomic mass is 19.4. The maximum Gasteiger partial charge on any atom is 0.430 e. The molecule has 0 unspecified atom stereocenters. The Bertz CT molecular complexity index is 401. The van der Waals surface area contributed by atoms with E-state index >= 15 is 0 Å². The molecule has 2 nitrogen and oxygen atoms in total. The molecule has 0 saturated carbocycles. The van der Waals surface area contributed by atoms with Crippen molar-refractivity contribution in [1.82, 2.24) is 0 Å². The zero-order chi connectivity index (χ0) is 12.5. The molecule has 1 rings (SSSR count). The Balaban J connectivity index is 3.03. The average molecular weight is 238 g/mol. The molecule has 0 bridgehead atoms. The van der Waals surface area contributed by atoms with Crippen LogP contribution >= 0.6 is 0 Å². The molecule has 0 saturated heterocycles. The molecule has 0 aromatic heterocycles. The van der Waals surface area contributed by atoms with E-state index in [4.69, 9.17) is 5.73 Å². The SMILES string of the molecule is C=C(Nc1c(N)cc(F)cc1F)C(F)(F)F. The molecule has 0 radical (unpaired) electrons. The van der Waals surface area contributed by atoms with Crippen LogP contribution in [0.5, 0.6) is 0 Å². The molecule has 0 aliphatic heterocycles. The van der Waals surface area contributed by atoms with Crippen molar-refractivity contribution in [3.63, 3.8) is 0 Å². The lowest BCUT2D eigenvalue weighted by Crippen LogP contribution is -2.19. The number of hydrogen-bond acceptors (Lipinski definition) is 2. The van der Waals surface area contributed by atoms with Gasteiger partial charge in [0.2, 0.25) is 0 Å². The Morgan fingerprint density at radius 3 is 2.25 bits per heavy atom. The summed E-state index contributed by atoms with van der Waals surface area (Å²) in [5, 5.41) is 1.66. The van der Waals surface area contributed by atoms with Crippen LogP contribution in [0.4, 0.5) is 33.3 Å². The third-order valence-corrected chi connectivity index (χ3v) is 1.70. The number of hydrogen-bond donors (Lipinski definition) is 2. The van der Waals surface area contributed by atoms with Crippen molar-refractivity contribution in [2.45, 2.75) is 6.18 Å². The van der Waals surface area contributed by atoms with Gasteiger partial charge in [0.05, 0.1) is 11.4 Å². The Morgan fingerprint density at radius 1 is 1.25 bits per heavy atom. The Hall–Kier alpha value is -1.79. The van der Waals surface area contributed by atoms with Crippen LogP contribution in [0.25, 0.3) is 0 Å². The van der Waals surface area contributed by atoms with Gasteiger partial charge in [-0.05, 0) is 6.07 Å². The molecule has 0 aliphatic rings. The number of nitrogens with two attached hydrogens (primary N) is 1. The van der Waals surface area contributed by atoms with E-state index in [2.05, 4.69) is 6.58 Å². The van der Waals surface area contributed by atoms with Crippen molar-refractivity contribution in [2.24, 2.45) is 0 Å². The van der Waals surface area contributed by atoms with Gasteiger partial charge < -0.3 is 11.1 Å². The first kappa shape index (κ1) is 12.3. The predicted octanol–water partition coefficient (Wildman–Crippen LogP) is 3.03. The molecule has 0 spiro atoms. The number of allylic oxidation sites excluding steroid dienone is 1. The summed E-state index contributed by atoms with van der Waals surface area (Å²) in [6, 6.07) is 1.12. The van der Waals surface area contributed by atoms with Crippen LogP contribution in [0.3, 0.4) is 0 Å². The summed E-state index contributed by atoms with van der Waals surface area (Å²) in [5.74, 6) is -2.19. The standard InChI is InChI=1S/C9H7F5N2/c1-4(9(12,13)14)16-8-6(11)2-5(10)3-7(8)15/h2-3,16H,1,15H2. The molecule has 7 heteroatoms. The van der Waals surface area contributed by atoms with Crippen molar-refractivity contribution < 1.29 is 22.0 Å². The Kier molecular flexibility index (Phi) is 3.06. The summed E-state index contributed by atoms with van der Waals surface area (Å²) >= 11 is 0. The highest BCUT2D eigenvalue weighted by Gasteiger charge is 2.33. The molecule has 0 heterocycles. The van der Waals surface area contributed by atoms with Gasteiger partial charge in [0.25, 0.3) is 0 Å². The summed E-state index contributed by atoms with van der Waals surface area (Å²) in [6.07, 6.45) is -4.73. The number of benzene rings is 1. The van der Waals surface area contributed by atoms with Crippen LogP contribution in [0.2, 0.25) is 0 Å². The summed E-state index contributed by atoms with van der Waals surface area (Å²) in [6.45, 7) is 2.67. The topological polar surface area (TPSA) is 38.0 Å². The molecule has 88 valence electrons. The Labute approximate surface area is 87.6 Å². The Morgan fingerprint density at radius 2 is 1.81 bits per heavy atom. The minimum atomic E-state index is -4.73. The van der Waals surface area contributed by atoms with E-state index in [9.17, 15) is 22.0 Å². The monoisotopic (exact) mass is 238 g/mol. The minimum absolute atomic E-state index is 0.419. The van der Waals surface area contributed by atoms with Crippen molar-refractivity contribution in [1.29, 1.82) is 0 Å². The van der Waals surface area contributed by atoms with Crippen molar-refractivity contribution >= 4 is 11.4 Å². The molecule has 1 aromatic carbocycles. The summed E-state index contributed by atoms with van der Waals surface area (Å²) in [4.78, 5) is 0. The van der Waals surface area contributed by atoms with Gasteiger partial charge in [-0.25, -0.2) is 8.78 Å². The molecule has 16 heavy (non-hydrogen) atoms. The lowest BCUT2D eigenvalue weighted by molar-refractivity contribution is -0.0898. The van der Waals surface area contributed by atoms with Crippen LogP contribution in [-0.4, -0.2) is 6.18 Å². The third-order valence-electron chi connectivity index (χ3n) is 1.70. The quantitative estimate of drug-likeness (QED) is 0.613. The van der Waals surface area contributed by atoms with E-state index in [-0.39, 0.29) is 0 Å². The maximum absolute atomic E-state index is 13.1. The van der Waals surface area contributed by atoms with Gasteiger partial charge in [-0.15, -0.1) is 0 Å². The van der Waals surface area contributed by atoms with E-state index in [0.29, 0.717) is 12.1 Å². The van der Waals surface area contributed by atoms with Gasteiger partial charge in [0.1, 0.15) is 11.5 Å². The number of nitrogens with one attached hydrogen (secondary N) is 1. The normalized spacial score (nSPS) is 11.3. The predicted molar refractivity (Wildman–Crippen MR) is 49.6 cm³/mol. The molecule has 0 amide bonds. The van der Waals surface area contributed by atoms with Crippen molar-refractivity contribution in [3.8, 4) is 0 Å². The van der Waals surface area contributed by atoms with Gasteiger partial charge >= 0.3 is 6.18 Å². The summed E-state index contributed by atoms with van der Waals surface area (Å²) < 4.78 is 61.9. The average Bonchev–Trinajstić information content (AvgIpc) is 2.08. The first-order valence-electron chi connectivity index (χ1n) is 3.99. The van der Waals surface area contributed by atoms with Gasteiger partial charge in [-0.1, -0.05) is 6.58 Å². The molecule has 3 N–H and O–H groups in total. The zero-order valence-corrected chi connectivity index (χ0v) is 7.83. The lowest BCUT2D eigenvalue weighted by Gasteiger charge is -2.14. The van der Waals surface area contributed by atoms with Crippen LogP contribution in [-0.2, 0) is 0 Å². The maximum atomic E-state index is 13.1. The van der Waals surface area contributed by atoms with Gasteiger partial charge in [-0.2, -0.15) is 13.2 Å². The number of nitrogen functional groups attached to an aromatic ring is 1. The second kappa shape index (κ2) is 3.99. The van der Waals surface area contributed by atoms with Gasteiger partial charge in [-0.3, -0.25) is 0 Å². The van der Waals surface area contributed by atoms with Crippen molar-refractivity contribution in [2.75, 3.05) is 11.1 Å². The van der Waals surface area contributed by atoms with E-state index in [0.717, 1.165) is 0 Å². The smallest absolute Gasteiger partial charge is 0.397 e. The van der Waals surface area contributed by atoms with Crippen LogP contribution in [0.15, 0.2) is 24.4 Å². The molecule has 0 fully saturated rings. The van der Waals surface area contributed by atoms with Gasteiger partial charge in [0.15, 0.2) is 5.82 Å². The fourth-order valence-electron chi connectivity index (χ4n) is 0.947. The zero-order valence-electron chi connectivity index (χ0n) is 7.83. The van der Waals surface area contributed by atoms with E-state index < -0.39 is 34.9 Å².